The van der Waals surface area contributed by atoms with Gasteiger partial charge in [-0.1, -0.05) is 365 Å². The third-order valence-corrected chi connectivity index (χ3v) is 21.6. The zero-order valence-corrected chi connectivity index (χ0v) is 67.3. The Morgan fingerprint density at radius 3 is 1.14 bits per heavy atom. The van der Waals surface area contributed by atoms with Gasteiger partial charge in [0.15, 0.2) is 3.57 Å². The van der Waals surface area contributed by atoms with E-state index in [-0.39, 0.29) is 5.56 Å². The molecule has 10 rings (SSSR count). The fourth-order valence-corrected chi connectivity index (χ4v) is 15.2. The van der Waals surface area contributed by atoms with Gasteiger partial charge < -0.3 is 34.4 Å². The number of imidazole rings is 2. The van der Waals surface area contributed by atoms with E-state index < -0.39 is 33.1 Å². The first-order chi connectivity index (χ1) is 51.5. The van der Waals surface area contributed by atoms with E-state index in [0.717, 1.165) is 59.9 Å². The molecule has 0 atom stereocenters. The molecule has 0 amide bonds. The Balaban J connectivity index is 0.000000231. The first kappa shape index (κ1) is 87.7. The van der Waals surface area contributed by atoms with Crippen molar-refractivity contribution in [1.82, 2.24) is 24.8 Å². The normalized spacial score (nSPS) is 10.8. The molecular formula is C94H128IN6O4+. The number of carboxylic acid groups (broad SMARTS) is 2. The Bertz CT molecular complexity index is 3590. The number of hydrogen-bond acceptors (Lipinski definition) is 6. The molecule has 0 aliphatic heterocycles. The van der Waals surface area contributed by atoms with Crippen molar-refractivity contribution < 1.29 is 45.5 Å². The van der Waals surface area contributed by atoms with Crippen molar-refractivity contribution >= 4 is 23.0 Å². The van der Waals surface area contributed by atoms with E-state index in [9.17, 15) is 14.7 Å². The summed E-state index contributed by atoms with van der Waals surface area (Å²) in [6.45, 7) is 26.0. The molecule has 0 spiro atoms. The molecule has 0 saturated heterocycles. The number of aromatic nitrogens is 4. The van der Waals surface area contributed by atoms with Crippen LogP contribution in [0.5, 0.6) is 0 Å². The van der Waals surface area contributed by atoms with Crippen molar-refractivity contribution in [2.24, 2.45) is 0 Å². The summed E-state index contributed by atoms with van der Waals surface area (Å²) in [6.07, 6.45) is 36.8. The number of aromatic carboxylic acids is 2. The number of H-pyrrole nitrogens is 2. The van der Waals surface area contributed by atoms with Crippen LogP contribution in [0.2, 0.25) is 0 Å². The van der Waals surface area contributed by atoms with E-state index in [1.54, 1.807) is 30.3 Å². The summed E-state index contributed by atoms with van der Waals surface area (Å²) in [7, 11) is 0. The Kier molecular flexibility index (Phi) is 46.3. The predicted molar refractivity (Wildman–Crippen MR) is 440 cm³/mol. The van der Waals surface area contributed by atoms with Crippen molar-refractivity contribution in [3.63, 3.8) is 0 Å². The summed E-state index contributed by atoms with van der Waals surface area (Å²) in [5.41, 5.74) is 9.24. The van der Waals surface area contributed by atoms with Gasteiger partial charge >= 0.3 is 27.2 Å². The van der Waals surface area contributed by atoms with Crippen molar-refractivity contribution in [3.8, 4) is 45.3 Å². The van der Waals surface area contributed by atoms with Crippen LogP contribution in [0.4, 0.5) is 0 Å². The number of nitrogens with zero attached hydrogens (tertiary/aromatic N) is 4. The van der Waals surface area contributed by atoms with Crippen LogP contribution in [0.3, 0.4) is 0 Å². The standard InChI is InChI=1S/C24H51N.C21H16N2.C16H36N.C13H9IO2.C13H10N2.C7H6O2/c1-4-7-10-13-16-19-22-25(23-20-17-14-11-8-5-2)24-21-18-15-12-9-6-3;1-4-10-16(11-5-1)19-20(17-12-6-2-7-13-17)23-21(22-19)18-14-8-3-9-15-18;1-5-9-13-17(14-10-6-2,15-11-7-3)16-12-8-4;15-13(16)11-8-4-5-9-12(11)14-10-6-2-1-3-7-10;1-2-6-10(7-3-1)13-14-11-8-4-5-9-12(11)15-13;8-7(9)6-4-2-1-3-5-6/h4-24H2,1-3H3;1-15H,(H,22,23);5-16H2,1-4H3;1-9H;1-9H,(H,14,15);1-5H,(H,8,9)/q;;+1;;;. The third-order valence-electron chi connectivity index (χ3n) is 18.8. The number of rotatable bonds is 41. The number of aromatic amines is 2. The number of carbonyl (C=O) groups is 2. The number of carbonyl (C=O) groups excluding carboxylic acids is 1. The first-order valence-electron chi connectivity index (χ1n) is 40.1. The predicted octanol–water partition coefficient (Wildman–Crippen LogP) is 21.6. The second-order valence-electron chi connectivity index (χ2n) is 27.5. The summed E-state index contributed by atoms with van der Waals surface area (Å²) < 4.78 is 3.61. The SMILES string of the molecule is CCCCCCCCN(CCCCCCCC)CCCCCCCC.CCCC[N+](CCCC)(CCCC)CCCC.O=C(O)c1ccccc1[I+]c1ccccc1.O=C([O-])c1ccccc1.c1ccc(-c2nc(-c3ccccc3)c(-c3ccccc3)[nH]2)cc1.c1ccc(-c2nc3ccccc3[nH]2)cc1. The van der Waals surface area contributed by atoms with Gasteiger partial charge in [0.05, 0.1) is 54.6 Å². The molecule has 0 aliphatic carbocycles. The van der Waals surface area contributed by atoms with Crippen LogP contribution in [0.15, 0.2) is 231 Å². The molecule has 0 aliphatic rings. The van der Waals surface area contributed by atoms with Gasteiger partial charge in [-0.3, -0.25) is 0 Å². The number of para-hydroxylation sites is 2. The zero-order chi connectivity index (χ0) is 75.1. The number of halogens is 1. The van der Waals surface area contributed by atoms with E-state index in [1.807, 2.05) is 140 Å². The summed E-state index contributed by atoms with van der Waals surface area (Å²) in [4.78, 5) is 40.1. The van der Waals surface area contributed by atoms with Crippen molar-refractivity contribution in [2.45, 2.75) is 215 Å². The second-order valence-corrected chi connectivity index (χ2v) is 30.4. The number of fused-ring (bicyclic) bond motifs is 1. The fraction of sp³-hybridized carbons (Fsp3) is 0.426. The number of nitrogens with one attached hydrogen (secondary N) is 2. The zero-order valence-electron chi connectivity index (χ0n) is 65.1. The Labute approximate surface area is 644 Å². The summed E-state index contributed by atoms with van der Waals surface area (Å²) in [5, 5.41) is 19.2. The van der Waals surface area contributed by atoms with E-state index >= 15 is 0 Å². The molecule has 0 saturated carbocycles. The highest BCUT2D eigenvalue weighted by atomic mass is 127. The van der Waals surface area contributed by atoms with Gasteiger partial charge in [-0.25, -0.2) is 14.8 Å². The highest BCUT2D eigenvalue weighted by molar-refractivity contribution is 5.87. The monoisotopic (exact) mass is 1530 g/mol. The molecular weight excluding hydrogens is 1400 g/mol. The molecule has 2 heterocycles. The molecule has 0 unspecified atom stereocenters. The lowest BCUT2D eigenvalue weighted by atomic mass is 10.1. The van der Waals surface area contributed by atoms with Gasteiger partial charge in [0, 0.05) is 22.3 Å². The lowest BCUT2D eigenvalue weighted by Gasteiger charge is -2.39. The minimum Gasteiger partial charge on any atom is -0.545 e. The molecule has 0 radical (unpaired) electrons. The van der Waals surface area contributed by atoms with Crippen LogP contribution in [-0.4, -0.2) is 92.2 Å². The van der Waals surface area contributed by atoms with Crippen molar-refractivity contribution in [2.75, 3.05) is 45.8 Å². The van der Waals surface area contributed by atoms with E-state index in [4.69, 9.17) is 10.1 Å². The average molecular weight is 1530 g/mol. The van der Waals surface area contributed by atoms with Gasteiger partial charge in [0.25, 0.3) is 0 Å². The van der Waals surface area contributed by atoms with Crippen molar-refractivity contribution in [1.29, 1.82) is 0 Å². The maximum Gasteiger partial charge on any atom is 0.358 e. The molecule has 2 aromatic heterocycles. The lowest BCUT2D eigenvalue weighted by Crippen LogP contribution is -3.61. The summed E-state index contributed by atoms with van der Waals surface area (Å²) in [6, 6.07) is 74.4. The molecule has 10 aromatic rings. The maximum atomic E-state index is 11.0. The number of hydrogen-bond donors (Lipinski definition) is 3. The number of quaternary nitrogens is 1. The molecule has 8 aromatic carbocycles. The van der Waals surface area contributed by atoms with Crippen LogP contribution < -0.4 is 26.3 Å². The topological polar surface area (TPSA) is 138 Å². The largest absolute Gasteiger partial charge is 0.545 e. The number of carboxylic acids is 2. The average Bonchev–Trinajstić information content (AvgIpc) is 1.65. The highest BCUT2D eigenvalue weighted by Crippen LogP contribution is 2.33. The van der Waals surface area contributed by atoms with Gasteiger partial charge in [-0.05, 0) is 107 Å². The van der Waals surface area contributed by atoms with Gasteiger partial charge in [0.1, 0.15) is 17.2 Å². The second kappa shape index (κ2) is 55.5. The molecule has 11 heteroatoms. The molecule has 0 bridgehead atoms. The Morgan fingerprint density at radius 1 is 0.381 bits per heavy atom. The van der Waals surface area contributed by atoms with Crippen LogP contribution in [0.1, 0.15) is 236 Å². The van der Waals surface area contributed by atoms with Crippen LogP contribution >= 0.6 is 0 Å². The smallest absolute Gasteiger partial charge is 0.358 e. The lowest BCUT2D eigenvalue weighted by molar-refractivity contribution is -0.929. The quantitative estimate of drug-likeness (QED) is 0.0197. The van der Waals surface area contributed by atoms with E-state index in [2.05, 4.69) is 117 Å². The molecule has 10 nitrogen and oxygen atoms in total. The minimum absolute atomic E-state index is 0.220. The van der Waals surface area contributed by atoms with Crippen molar-refractivity contribution in [3.05, 3.63) is 249 Å². The Morgan fingerprint density at radius 2 is 0.733 bits per heavy atom. The van der Waals surface area contributed by atoms with Gasteiger partial charge in [0.2, 0.25) is 3.57 Å². The number of unbranched alkanes of at least 4 members (excludes halogenated alkanes) is 19. The molecule has 3 N–H and O–H groups in total. The van der Waals surface area contributed by atoms with E-state index in [0.29, 0.717) is 5.56 Å². The van der Waals surface area contributed by atoms with Gasteiger partial charge in [-0.15, -0.1) is 0 Å². The van der Waals surface area contributed by atoms with Crippen LogP contribution in [0.25, 0.3) is 56.3 Å². The number of benzene rings is 8. The highest BCUT2D eigenvalue weighted by Gasteiger charge is 2.25. The molecule has 0 fully saturated rings. The van der Waals surface area contributed by atoms with Gasteiger partial charge in [-0.2, -0.15) is 0 Å². The fourth-order valence-electron chi connectivity index (χ4n) is 12.6. The molecule has 105 heavy (non-hydrogen) atoms. The molecule has 564 valence electrons. The van der Waals surface area contributed by atoms with Crippen LogP contribution in [0, 0.1) is 7.14 Å². The Hall–Kier alpha value is -7.97. The van der Waals surface area contributed by atoms with E-state index in [1.165, 1.54) is 233 Å². The first-order valence-corrected chi connectivity index (χ1v) is 42.3. The third kappa shape index (κ3) is 35.8. The van der Waals surface area contributed by atoms with Crippen LogP contribution in [-0.2, 0) is 0 Å². The maximum absolute atomic E-state index is 11.0. The summed E-state index contributed by atoms with van der Waals surface area (Å²) in [5.74, 6) is -0.151. The minimum atomic E-state index is -1.13. The summed E-state index contributed by atoms with van der Waals surface area (Å²) >= 11 is -0.407.